The summed E-state index contributed by atoms with van der Waals surface area (Å²) < 4.78 is 1.90. The Bertz CT molecular complexity index is 1160. The molecule has 5 rings (SSSR count). The summed E-state index contributed by atoms with van der Waals surface area (Å²) in [5, 5.41) is 1.04. The van der Waals surface area contributed by atoms with E-state index in [9.17, 15) is 4.79 Å². The highest BCUT2D eigenvalue weighted by Crippen LogP contribution is 2.36. The third-order valence-electron chi connectivity index (χ3n) is 4.41. The molecule has 3 heterocycles. The van der Waals surface area contributed by atoms with Gasteiger partial charge in [0.05, 0.1) is 6.54 Å². The van der Waals surface area contributed by atoms with Crippen molar-refractivity contribution in [2.45, 2.75) is 0 Å². The van der Waals surface area contributed by atoms with Crippen molar-refractivity contribution in [1.82, 2.24) is 9.97 Å². The van der Waals surface area contributed by atoms with E-state index in [4.69, 9.17) is 23.2 Å². The number of aromatic amines is 1. The molecule has 1 aliphatic heterocycles. The first kappa shape index (κ1) is 14.7. The highest BCUT2D eigenvalue weighted by molar-refractivity contribution is 6.35. The molecule has 1 aliphatic rings. The number of halogens is 2. The van der Waals surface area contributed by atoms with E-state index in [1.807, 2.05) is 33.6 Å². The van der Waals surface area contributed by atoms with Crippen molar-refractivity contribution in [1.29, 1.82) is 0 Å². The summed E-state index contributed by atoms with van der Waals surface area (Å²) in [5.41, 5.74) is 4.00. The van der Waals surface area contributed by atoms with Gasteiger partial charge in [0, 0.05) is 15.7 Å². The van der Waals surface area contributed by atoms with Gasteiger partial charge < -0.3 is 4.90 Å². The summed E-state index contributed by atoms with van der Waals surface area (Å²) >= 11 is 12.2. The molecule has 0 radical (unpaired) electrons. The standard InChI is InChI=1S/C18H10Cl2N4O/c19-10-5-11(20)7-12(6-10)23-8-15(25)16-17(23)21-9-24-14-4-2-1-3-13(14)22-18(16)24/h1-7,9H,8H2/p+1. The Balaban J connectivity index is 1.77. The molecule has 122 valence electrons. The van der Waals surface area contributed by atoms with Crippen molar-refractivity contribution in [3.63, 3.8) is 0 Å². The van der Waals surface area contributed by atoms with Crippen LogP contribution < -0.4 is 9.30 Å². The lowest BCUT2D eigenvalue weighted by Crippen LogP contribution is -2.22. The number of anilines is 2. The second kappa shape index (κ2) is 5.18. The van der Waals surface area contributed by atoms with Crippen LogP contribution in [-0.4, -0.2) is 22.3 Å². The summed E-state index contributed by atoms with van der Waals surface area (Å²) in [7, 11) is 0. The molecule has 0 atom stereocenters. The molecule has 4 aromatic rings. The molecule has 7 heteroatoms. The average molecular weight is 370 g/mol. The minimum absolute atomic E-state index is 0.00301. The van der Waals surface area contributed by atoms with Crippen LogP contribution in [-0.2, 0) is 0 Å². The molecule has 0 amide bonds. The Kier molecular flexibility index (Phi) is 3.04. The van der Waals surface area contributed by atoms with Gasteiger partial charge in [-0.3, -0.25) is 9.78 Å². The third-order valence-corrected chi connectivity index (χ3v) is 4.85. The fraction of sp³-hybridized carbons (Fsp3) is 0.0556. The molecule has 0 saturated heterocycles. The Hall–Kier alpha value is -2.63. The zero-order chi connectivity index (χ0) is 17.1. The second-order valence-electron chi connectivity index (χ2n) is 5.94. The minimum atomic E-state index is 0.00301. The largest absolute Gasteiger partial charge is 0.304 e. The van der Waals surface area contributed by atoms with Gasteiger partial charge in [0.2, 0.25) is 17.8 Å². The van der Waals surface area contributed by atoms with Crippen molar-refractivity contribution in [2.24, 2.45) is 0 Å². The molecule has 1 N–H and O–H groups in total. The number of Topliss-reactive ketones (excluding diaryl/α,β-unsaturated/α-hetero) is 1. The molecule has 2 aromatic carbocycles. The first-order chi connectivity index (χ1) is 12.1. The van der Waals surface area contributed by atoms with E-state index in [0.29, 0.717) is 21.4 Å². The number of nitrogens with one attached hydrogen (secondary N) is 1. The van der Waals surface area contributed by atoms with Crippen LogP contribution in [0.3, 0.4) is 0 Å². The Morgan fingerprint density at radius 2 is 1.88 bits per heavy atom. The Morgan fingerprint density at radius 1 is 1.12 bits per heavy atom. The number of benzene rings is 2. The molecule has 0 saturated carbocycles. The quantitative estimate of drug-likeness (QED) is 0.517. The van der Waals surface area contributed by atoms with E-state index < -0.39 is 0 Å². The van der Waals surface area contributed by atoms with E-state index in [2.05, 4.69) is 9.97 Å². The molecule has 25 heavy (non-hydrogen) atoms. The number of rotatable bonds is 1. The van der Waals surface area contributed by atoms with Gasteiger partial charge in [0.25, 0.3) is 0 Å². The van der Waals surface area contributed by atoms with E-state index in [1.54, 1.807) is 24.5 Å². The molecule has 0 bridgehead atoms. The molecule has 0 unspecified atom stereocenters. The van der Waals surface area contributed by atoms with E-state index in [-0.39, 0.29) is 12.3 Å². The maximum Gasteiger partial charge on any atom is 0.247 e. The predicted octanol–water partition coefficient (Wildman–Crippen LogP) is 3.94. The fourth-order valence-corrected chi connectivity index (χ4v) is 3.87. The third kappa shape index (κ3) is 2.13. The monoisotopic (exact) mass is 369 g/mol. The highest BCUT2D eigenvalue weighted by Gasteiger charge is 2.36. The number of ketones is 1. The van der Waals surface area contributed by atoms with E-state index in [0.717, 1.165) is 22.4 Å². The van der Waals surface area contributed by atoms with Crippen molar-refractivity contribution >= 4 is 57.2 Å². The van der Waals surface area contributed by atoms with Crippen LogP contribution >= 0.6 is 23.2 Å². The lowest BCUT2D eigenvalue weighted by molar-refractivity contribution is -0.484. The van der Waals surface area contributed by atoms with Gasteiger partial charge in [0.1, 0.15) is 11.0 Å². The predicted molar refractivity (Wildman–Crippen MR) is 97.1 cm³/mol. The van der Waals surface area contributed by atoms with Crippen LogP contribution in [0.15, 0.2) is 48.8 Å². The van der Waals surface area contributed by atoms with Crippen molar-refractivity contribution in [2.75, 3.05) is 11.4 Å². The van der Waals surface area contributed by atoms with E-state index in [1.165, 1.54) is 0 Å². The number of aromatic nitrogens is 3. The molecule has 0 fully saturated rings. The maximum atomic E-state index is 12.7. The molecule has 5 nitrogen and oxygen atoms in total. The topological polar surface area (TPSA) is 53.1 Å². The molecule has 2 aromatic heterocycles. The van der Waals surface area contributed by atoms with Gasteiger partial charge >= 0.3 is 0 Å². The average Bonchev–Trinajstić information content (AvgIpc) is 3.12. The molecular formula is C18H11Cl2N4O+. The first-order valence-corrected chi connectivity index (χ1v) is 8.45. The van der Waals surface area contributed by atoms with Crippen LogP contribution in [0.1, 0.15) is 10.4 Å². The Labute approximate surface area is 152 Å². The van der Waals surface area contributed by atoms with Crippen LogP contribution in [0.4, 0.5) is 11.5 Å². The van der Waals surface area contributed by atoms with Crippen LogP contribution in [0, 0.1) is 0 Å². The second-order valence-corrected chi connectivity index (χ2v) is 6.81. The smallest absolute Gasteiger partial charge is 0.247 e. The summed E-state index contributed by atoms with van der Waals surface area (Å²) in [5.74, 6) is 0.609. The maximum absolute atomic E-state index is 12.7. The van der Waals surface area contributed by atoms with E-state index >= 15 is 0 Å². The van der Waals surface area contributed by atoms with Crippen molar-refractivity contribution in [3.8, 4) is 0 Å². The normalized spacial score (nSPS) is 13.8. The van der Waals surface area contributed by atoms with Crippen LogP contribution in [0.25, 0.3) is 16.7 Å². The number of imidazole rings is 1. The van der Waals surface area contributed by atoms with Gasteiger partial charge in [-0.1, -0.05) is 40.3 Å². The van der Waals surface area contributed by atoms with Crippen molar-refractivity contribution < 1.29 is 9.20 Å². The lowest BCUT2D eigenvalue weighted by Gasteiger charge is -2.15. The summed E-state index contributed by atoms with van der Waals surface area (Å²) in [6.45, 7) is 0.202. The van der Waals surface area contributed by atoms with Crippen LogP contribution in [0.5, 0.6) is 0 Å². The Morgan fingerprint density at radius 3 is 2.68 bits per heavy atom. The summed E-state index contributed by atoms with van der Waals surface area (Å²) in [6, 6.07) is 13.1. The number of nitrogens with zero attached hydrogens (tertiary/aromatic N) is 3. The van der Waals surface area contributed by atoms with Gasteiger partial charge in [-0.05, 0) is 30.3 Å². The summed E-state index contributed by atoms with van der Waals surface area (Å²) in [6.07, 6.45) is 1.73. The number of hydrogen-bond donors (Lipinski definition) is 1. The lowest BCUT2D eigenvalue weighted by atomic mass is 10.2. The van der Waals surface area contributed by atoms with Gasteiger partial charge in [-0.25, -0.2) is 0 Å². The zero-order valence-electron chi connectivity index (χ0n) is 12.8. The van der Waals surface area contributed by atoms with Gasteiger partial charge in [0.15, 0.2) is 11.3 Å². The zero-order valence-corrected chi connectivity index (χ0v) is 14.3. The van der Waals surface area contributed by atoms with Gasteiger partial charge in [-0.15, -0.1) is 0 Å². The van der Waals surface area contributed by atoms with Gasteiger partial charge in [-0.2, -0.15) is 4.40 Å². The highest BCUT2D eigenvalue weighted by atomic mass is 35.5. The first-order valence-electron chi connectivity index (χ1n) is 7.70. The fourth-order valence-electron chi connectivity index (χ4n) is 3.35. The number of carbonyl (C=O) groups excluding carboxylic acids is 1. The van der Waals surface area contributed by atoms with Crippen LogP contribution in [0.2, 0.25) is 10.0 Å². The number of fused-ring (bicyclic) bond motifs is 5. The number of carbonyl (C=O) groups is 1. The minimum Gasteiger partial charge on any atom is -0.304 e. The van der Waals surface area contributed by atoms with Crippen molar-refractivity contribution in [3.05, 3.63) is 64.4 Å². The SMILES string of the molecule is O=C1CN(c2cc(Cl)cc(Cl)c2)c2nc[n+]3c([nH]c4ccccc43)c21. The molecule has 0 aliphatic carbocycles. The summed E-state index contributed by atoms with van der Waals surface area (Å²) in [4.78, 5) is 22.4. The number of hydrogen-bond acceptors (Lipinski definition) is 3. The molecular weight excluding hydrogens is 359 g/mol. The number of H-pyrrole nitrogens is 1. The molecule has 0 spiro atoms. The number of para-hydroxylation sites is 2.